The number of hydrogen-bond donors (Lipinski definition) is 2. The zero-order valence-electron chi connectivity index (χ0n) is 14.9. The third-order valence-electron chi connectivity index (χ3n) is 3.89. The number of phenols is 1. The van der Waals surface area contributed by atoms with Gasteiger partial charge in [-0.05, 0) is 24.3 Å². The van der Waals surface area contributed by atoms with Gasteiger partial charge in [-0.1, -0.05) is 18.2 Å². The van der Waals surface area contributed by atoms with Crippen LogP contribution in [0.15, 0.2) is 60.8 Å². The van der Waals surface area contributed by atoms with Gasteiger partial charge in [0.25, 0.3) is 11.6 Å². The molecule has 1 amide bonds. The minimum absolute atomic E-state index is 0.0815. The number of phenolic OH excluding ortho intramolecular Hbond substituents is 1. The van der Waals surface area contributed by atoms with E-state index in [0.29, 0.717) is 11.1 Å². The average molecular weight is 390 g/mol. The lowest BCUT2D eigenvalue weighted by atomic mass is 10.1. The lowest BCUT2D eigenvalue weighted by molar-refractivity contribution is -0.385. The van der Waals surface area contributed by atoms with E-state index in [2.05, 4.69) is 16.4 Å². The van der Waals surface area contributed by atoms with Gasteiger partial charge in [-0.3, -0.25) is 14.9 Å². The molecular weight excluding hydrogens is 376 g/mol. The van der Waals surface area contributed by atoms with E-state index in [1.54, 1.807) is 24.3 Å². The van der Waals surface area contributed by atoms with E-state index >= 15 is 0 Å². The standard InChI is InChI=1S/C20H14N4O5/c21-10-13-3-1-2-4-14(13)12-29-18-8-15(7-17(25)9-18)20(26)23-19-6-5-16(11-22-19)24(27)28/h1-9,11,25H,12H2,(H,22,23,26). The van der Waals surface area contributed by atoms with Crippen LogP contribution < -0.4 is 10.1 Å². The Bertz CT molecular complexity index is 1110. The Morgan fingerprint density at radius 1 is 1.24 bits per heavy atom. The Hall–Kier alpha value is -4.45. The molecule has 1 heterocycles. The van der Waals surface area contributed by atoms with Crippen LogP contribution in [0.4, 0.5) is 11.5 Å². The maximum Gasteiger partial charge on any atom is 0.287 e. The molecule has 0 spiro atoms. The highest BCUT2D eigenvalue weighted by atomic mass is 16.6. The van der Waals surface area contributed by atoms with Crippen LogP contribution in [0.25, 0.3) is 0 Å². The molecule has 9 heteroatoms. The number of anilines is 1. The second kappa shape index (κ2) is 8.49. The van der Waals surface area contributed by atoms with Gasteiger partial charge in [0.1, 0.15) is 30.1 Å². The number of aromatic nitrogens is 1. The van der Waals surface area contributed by atoms with Crippen LogP contribution in [0, 0.1) is 21.4 Å². The van der Waals surface area contributed by atoms with E-state index in [1.807, 2.05) is 0 Å². The number of pyridine rings is 1. The van der Waals surface area contributed by atoms with Crippen LogP contribution in [0.2, 0.25) is 0 Å². The Kier molecular flexibility index (Phi) is 5.66. The van der Waals surface area contributed by atoms with Gasteiger partial charge >= 0.3 is 0 Å². The van der Waals surface area contributed by atoms with Crippen LogP contribution in [0.5, 0.6) is 11.5 Å². The number of nitro groups is 1. The second-order valence-corrected chi connectivity index (χ2v) is 5.89. The number of ether oxygens (including phenoxy) is 1. The summed E-state index contributed by atoms with van der Waals surface area (Å²) < 4.78 is 5.62. The topological polar surface area (TPSA) is 138 Å². The molecule has 0 unspecified atom stereocenters. The van der Waals surface area contributed by atoms with Crippen LogP contribution >= 0.6 is 0 Å². The monoisotopic (exact) mass is 390 g/mol. The summed E-state index contributed by atoms with van der Waals surface area (Å²) >= 11 is 0. The molecule has 0 aliphatic rings. The summed E-state index contributed by atoms with van der Waals surface area (Å²) in [6.45, 7) is 0.0815. The zero-order chi connectivity index (χ0) is 20.8. The van der Waals surface area contributed by atoms with E-state index in [-0.39, 0.29) is 35.2 Å². The number of rotatable bonds is 6. The van der Waals surface area contributed by atoms with Crippen LogP contribution in [-0.2, 0) is 6.61 Å². The predicted octanol–water partition coefficient (Wildman–Crippen LogP) is 3.40. The normalized spacial score (nSPS) is 10.0. The molecule has 9 nitrogen and oxygen atoms in total. The molecule has 2 N–H and O–H groups in total. The minimum Gasteiger partial charge on any atom is -0.508 e. The van der Waals surface area contributed by atoms with Crippen LogP contribution in [-0.4, -0.2) is 20.9 Å². The molecule has 0 saturated carbocycles. The molecule has 3 rings (SSSR count). The van der Waals surface area contributed by atoms with E-state index in [1.165, 1.54) is 30.3 Å². The van der Waals surface area contributed by atoms with Gasteiger partial charge in [0.05, 0.1) is 16.6 Å². The second-order valence-electron chi connectivity index (χ2n) is 5.89. The van der Waals surface area contributed by atoms with Crippen molar-refractivity contribution in [2.45, 2.75) is 6.61 Å². The summed E-state index contributed by atoms with van der Waals surface area (Å²) in [5.41, 5.74) is 1.04. The summed E-state index contributed by atoms with van der Waals surface area (Å²) in [6, 6.07) is 15.5. The van der Waals surface area contributed by atoms with Gasteiger partial charge in [-0.2, -0.15) is 5.26 Å². The molecule has 0 fully saturated rings. The van der Waals surface area contributed by atoms with Crippen LogP contribution in [0.3, 0.4) is 0 Å². The molecule has 0 saturated heterocycles. The predicted molar refractivity (Wildman–Crippen MR) is 102 cm³/mol. The molecule has 0 aliphatic carbocycles. The number of carbonyl (C=O) groups excluding carboxylic acids is 1. The molecule has 0 aliphatic heterocycles. The highest BCUT2D eigenvalue weighted by Crippen LogP contribution is 2.24. The highest BCUT2D eigenvalue weighted by Gasteiger charge is 2.12. The summed E-state index contributed by atoms with van der Waals surface area (Å²) in [5, 5.41) is 32.2. The molecule has 144 valence electrons. The number of nitrogens with zero attached hydrogens (tertiary/aromatic N) is 3. The number of amides is 1. The molecule has 0 radical (unpaired) electrons. The number of nitriles is 1. The van der Waals surface area contributed by atoms with Gasteiger partial charge in [0.15, 0.2) is 0 Å². The van der Waals surface area contributed by atoms with E-state index in [4.69, 9.17) is 10.00 Å². The Morgan fingerprint density at radius 2 is 2.03 bits per heavy atom. The van der Waals surface area contributed by atoms with Crippen molar-refractivity contribution in [3.63, 3.8) is 0 Å². The maximum atomic E-state index is 12.4. The summed E-state index contributed by atoms with van der Waals surface area (Å²) in [4.78, 5) is 26.3. The fourth-order valence-electron chi connectivity index (χ4n) is 2.47. The Labute approximate surface area is 165 Å². The number of benzene rings is 2. The van der Waals surface area contributed by atoms with Gasteiger partial charge in [-0.25, -0.2) is 4.98 Å². The van der Waals surface area contributed by atoms with Crippen molar-refractivity contribution >= 4 is 17.4 Å². The van der Waals surface area contributed by atoms with Gasteiger partial charge in [0.2, 0.25) is 0 Å². The first kappa shape index (κ1) is 19.3. The summed E-state index contributed by atoms with van der Waals surface area (Å²) in [6.07, 6.45) is 1.03. The summed E-state index contributed by atoms with van der Waals surface area (Å²) in [5.74, 6) is -0.406. The fourth-order valence-corrected chi connectivity index (χ4v) is 2.47. The lowest BCUT2D eigenvalue weighted by Crippen LogP contribution is -2.13. The van der Waals surface area contributed by atoms with E-state index in [9.17, 15) is 20.0 Å². The lowest BCUT2D eigenvalue weighted by Gasteiger charge is -2.10. The quantitative estimate of drug-likeness (QED) is 0.486. The van der Waals surface area contributed by atoms with Crippen LogP contribution in [0.1, 0.15) is 21.5 Å². The molecule has 2 aromatic carbocycles. The van der Waals surface area contributed by atoms with Crippen molar-refractivity contribution < 1.29 is 19.6 Å². The zero-order valence-corrected chi connectivity index (χ0v) is 14.9. The van der Waals surface area contributed by atoms with Crippen molar-refractivity contribution in [2.24, 2.45) is 0 Å². The van der Waals surface area contributed by atoms with E-state index < -0.39 is 10.8 Å². The third kappa shape index (κ3) is 4.84. The van der Waals surface area contributed by atoms with Crippen molar-refractivity contribution in [3.05, 3.63) is 87.6 Å². The Balaban J connectivity index is 1.73. The minimum atomic E-state index is -0.595. The first-order valence-electron chi connectivity index (χ1n) is 8.33. The molecule has 0 bridgehead atoms. The van der Waals surface area contributed by atoms with Crippen molar-refractivity contribution in [3.8, 4) is 17.6 Å². The number of hydrogen-bond acceptors (Lipinski definition) is 7. The maximum absolute atomic E-state index is 12.4. The molecule has 29 heavy (non-hydrogen) atoms. The first-order chi connectivity index (χ1) is 14.0. The Morgan fingerprint density at radius 3 is 2.72 bits per heavy atom. The molecule has 1 aromatic heterocycles. The fraction of sp³-hybridized carbons (Fsp3) is 0.0500. The largest absolute Gasteiger partial charge is 0.508 e. The van der Waals surface area contributed by atoms with Crippen molar-refractivity contribution in [1.82, 2.24) is 4.98 Å². The number of nitrogens with one attached hydrogen (secondary N) is 1. The SMILES string of the molecule is N#Cc1ccccc1COc1cc(O)cc(C(=O)Nc2ccc([N+](=O)[O-])cn2)c1. The number of aromatic hydroxyl groups is 1. The molecule has 3 aromatic rings. The first-order valence-corrected chi connectivity index (χ1v) is 8.33. The summed E-state index contributed by atoms with van der Waals surface area (Å²) in [7, 11) is 0. The van der Waals surface area contributed by atoms with Gasteiger partial charge in [0, 0.05) is 23.3 Å². The van der Waals surface area contributed by atoms with Crippen molar-refractivity contribution in [2.75, 3.05) is 5.32 Å². The highest BCUT2D eigenvalue weighted by molar-refractivity contribution is 6.04. The van der Waals surface area contributed by atoms with E-state index in [0.717, 1.165) is 6.20 Å². The van der Waals surface area contributed by atoms with Gasteiger partial charge < -0.3 is 15.2 Å². The number of carbonyl (C=O) groups is 1. The van der Waals surface area contributed by atoms with Gasteiger partial charge in [-0.15, -0.1) is 0 Å². The molecular formula is C20H14N4O5. The average Bonchev–Trinajstić information content (AvgIpc) is 2.72. The smallest absolute Gasteiger partial charge is 0.287 e. The molecule has 0 atom stereocenters. The van der Waals surface area contributed by atoms with Crippen molar-refractivity contribution in [1.29, 1.82) is 5.26 Å². The third-order valence-corrected chi connectivity index (χ3v) is 3.89.